The van der Waals surface area contributed by atoms with Crippen LogP contribution in [0.1, 0.15) is 11.3 Å². The van der Waals surface area contributed by atoms with Gasteiger partial charge in [0, 0.05) is 17.5 Å². The summed E-state index contributed by atoms with van der Waals surface area (Å²) >= 11 is 0. The van der Waals surface area contributed by atoms with E-state index in [1.165, 1.54) is 12.1 Å². The number of aromatic hydroxyl groups is 1. The maximum atomic E-state index is 13.4. The molecule has 1 aromatic carbocycles. The van der Waals surface area contributed by atoms with Crippen molar-refractivity contribution in [2.45, 2.75) is 13.0 Å². The summed E-state index contributed by atoms with van der Waals surface area (Å²) in [6.07, 6.45) is 0.653. The van der Waals surface area contributed by atoms with Crippen molar-refractivity contribution in [3.05, 3.63) is 35.3 Å². The molecule has 2 aromatic rings. The van der Waals surface area contributed by atoms with Crippen molar-refractivity contribution in [2.75, 3.05) is 12.0 Å². The molecule has 0 saturated carbocycles. The van der Waals surface area contributed by atoms with E-state index >= 15 is 0 Å². The molecule has 104 valence electrons. The monoisotopic (exact) mass is 276 g/mol. The summed E-state index contributed by atoms with van der Waals surface area (Å²) in [5.74, 6) is 5.18. The Morgan fingerprint density at radius 2 is 2.20 bits per heavy atom. The van der Waals surface area contributed by atoms with Crippen molar-refractivity contribution in [3.63, 3.8) is 0 Å². The minimum absolute atomic E-state index is 0.359. The first-order valence-corrected chi connectivity index (χ1v) is 6.12. The molecule has 0 radical (unpaired) electrons. The van der Waals surface area contributed by atoms with Crippen molar-refractivity contribution in [1.29, 1.82) is 0 Å². The zero-order chi connectivity index (χ0) is 14.1. The van der Waals surface area contributed by atoms with E-state index in [2.05, 4.69) is 15.4 Å². The molecule has 6 nitrogen and oxygen atoms in total. The fourth-order valence-electron chi connectivity index (χ4n) is 2.13. The lowest BCUT2D eigenvalue weighted by atomic mass is 10.1. The zero-order valence-corrected chi connectivity index (χ0v) is 10.6. The number of halogens is 1. The number of rotatable bonds is 2. The molecule has 20 heavy (non-hydrogen) atoms. The molecule has 1 aliphatic heterocycles. The standard InChI is InChI=1S/C13H13FN4O2/c14-9-5-7(1-2-11(9)19)12-16-10-3-4-20-6-8(10)13(17-12)18-15/h1-2,5,19H,3-4,6,15H2,(H,16,17,18). The van der Waals surface area contributed by atoms with Crippen LogP contribution >= 0.6 is 0 Å². The largest absolute Gasteiger partial charge is 0.505 e. The van der Waals surface area contributed by atoms with Crippen LogP contribution in [-0.2, 0) is 17.8 Å². The quantitative estimate of drug-likeness (QED) is 0.566. The number of nitrogens with zero attached hydrogens (tertiary/aromatic N) is 2. The molecule has 0 aliphatic carbocycles. The summed E-state index contributed by atoms with van der Waals surface area (Å²) in [5, 5.41) is 9.22. The van der Waals surface area contributed by atoms with Gasteiger partial charge >= 0.3 is 0 Å². The highest BCUT2D eigenvalue weighted by Gasteiger charge is 2.18. The summed E-state index contributed by atoms with van der Waals surface area (Å²) in [7, 11) is 0. The van der Waals surface area contributed by atoms with Gasteiger partial charge in [0.2, 0.25) is 0 Å². The Morgan fingerprint density at radius 1 is 1.35 bits per heavy atom. The number of fused-ring (bicyclic) bond motifs is 1. The van der Waals surface area contributed by atoms with Crippen LogP contribution in [0.5, 0.6) is 5.75 Å². The fourth-order valence-corrected chi connectivity index (χ4v) is 2.13. The molecule has 0 amide bonds. The number of nitrogen functional groups attached to an aromatic ring is 1. The van der Waals surface area contributed by atoms with Gasteiger partial charge < -0.3 is 15.3 Å². The number of nitrogens with two attached hydrogens (primary N) is 1. The third kappa shape index (κ3) is 2.17. The Hall–Kier alpha value is -2.25. The molecular formula is C13H13FN4O2. The average molecular weight is 276 g/mol. The highest BCUT2D eigenvalue weighted by atomic mass is 19.1. The maximum absolute atomic E-state index is 13.4. The molecule has 3 rings (SSSR count). The van der Waals surface area contributed by atoms with Crippen LogP contribution in [0.25, 0.3) is 11.4 Å². The van der Waals surface area contributed by atoms with Crippen molar-refractivity contribution < 1.29 is 14.2 Å². The van der Waals surface area contributed by atoms with E-state index in [1.807, 2.05) is 0 Å². The number of phenolic OH excluding ortho intramolecular Hbond substituents is 1. The van der Waals surface area contributed by atoms with Crippen LogP contribution in [0.3, 0.4) is 0 Å². The van der Waals surface area contributed by atoms with Gasteiger partial charge in [0.15, 0.2) is 17.4 Å². The molecule has 7 heteroatoms. The van der Waals surface area contributed by atoms with Gasteiger partial charge in [-0.3, -0.25) is 0 Å². The number of benzene rings is 1. The second kappa shape index (κ2) is 5.03. The highest BCUT2D eigenvalue weighted by Crippen LogP contribution is 2.27. The van der Waals surface area contributed by atoms with Crippen molar-refractivity contribution >= 4 is 5.82 Å². The van der Waals surface area contributed by atoms with Crippen LogP contribution in [0.4, 0.5) is 10.2 Å². The summed E-state index contributed by atoms with van der Waals surface area (Å²) in [5.41, 5.74) is 4.65. The molecule has 4 N–H and O–H groups in total. The van der Waals surface area contributed by atoms with Gasteiger partial charge in [0.05, 0.1) is 18.9 Å². The van der Waals surface area contributed by atoms with Gasteiger partial charge in [-0.25, -0.2) is 20.2 Å². The Kier molecular flexibility index (Phi) is 3.21. The normalized spacial score (nSPS) is 13.9. The molecule has 1 aromatic heterocycles. The second-order valence-corrected chi connectivity index (χ2v) is 4.43. The fraction of sp³-hybridized carbons (Fsp3) is 0.231. The summed E-state index contributed by atoms with van der Waals surface area (Å²) < 4.78 is 18.8. The van der Waals surface area contributed by atoms with E-state index < -0.39 is 11.6 Å². The van der Waals surface area contributed by atoms with Gasteiger partial charge in [-0.1, -0.05) is 0 Å². The molecule has 0 fully saturated rings. The topological polar surface area (TPSA) is 93.3 Å². The molecular weight excluding hydrogens is 263 g/mol. The Morgan fingerprint density at radius 3 is 2.95 bits per heavy atom. The van der Waals surface area contributed by atoms with E-state index in [-0.39, 0.29) is 0 Å². The molecule has 0 spiro atoms. The number of hydrogen-bond donors (Lipinski definition) is 3. The molecule has 0 saturated heterocycles. The smallest absolute Gasteiger partial charge is 0.165 e. The average Bonchev–Trinajstić information content (AvgIpc) is 2.49. The number of nitrogens with one attached hydrogen (secondary N) is 1. The summed E-state index contributed by atoms with van der Waals surface area (Å²) in [6.45, 7) is 0.983. The van der Waals surface area contributed by atoms with Crippen molar-refractivity contribution in [3.8, 4) is 17.1 Å². The van der Waals surface area contributed by atoms with Crippen molar-refractivity contribution in [1.82, 2.24) is 9.97 Å². The molecule has 0 bridgehead atoms. The van der Waals surface area contributed by atoms with E-state index in [1.54, 1.807) is 6.07 Å². The SMILES string of the molecule is NNc1nc(-c2ccc(O)c(F)c2)nc2c1COCC2. The van der Waals surface area contributed by atoms with Gasteiger partial charge in [0.25, 0.3) is 0 Å². The Balaban J connectivity index is 2.11. The van der Waals surface area contributed by atoms with Gasteiger partial charge in [-0.05, 0) is 18.2 Å². The molecule has 0 unspecified atom stereocenters. The van der Waals surface area contributed by atoms with E-state index in [9.17, 15) is 9.50 Å². The summed E-state index contributed by atoms with van der Waals surface area (Å²) in [6, 6.07) is 4.02. The van der Waals surface area contributed by atoms with Crippen LogP contribution in [0, 0.1) is 5.82 Å². The number of aromatic nitrogens is 2. The third-order valence-electron chi connectivity index (χ3n) is 3.16. The number of ether oxygens (including phenoxy) is 1. The first kappa shape index (κ1) is 12.8. The lowest BCUT2D eigenvalue weighted by Crippen LogP contribution is -2.19. The number of anilines is 1. The Labute approximate surface area is 114 Å². The predicted molar refractivity (Wildman–Crippen MR) is 70.3 cm³/mol. The van der Waals surface area contributed by atoms with Gasteiger partial charge in [-0.2, -0.15) is 0 Å². The first-order valence-electron chi connectivity index (χ1n) is 6.12. The molecule has 0 atom stereocenters. The lowest BCUT2D eigenvalue weighted by Gasteiger charge is -2.19. The predicted octanol–water partition coefficient (Wildman–Crippen LogP) is 1.35. The number of hydrogen-bond acceptors (Lipinski definition) is 6. The van der Waals surface area contributed by atoms with Crippen LogP contribution in [0.2, 0.25) is 0 Å². The first-order chi connectivity index (χ1) is 9.69. The number of phenols is 1. The lowest BCUT2D eigenvalue weighted by molar-refractivity contribution is 0.109. The van der Waals surface area contributed by atoms with E-state index in [0.717, 1.165) is 11.3 Å². The minimum atomic E-state index is -0.714. The van der Waals surface area contributed by atoms with E-state index in [0.29, 0.717) is 36.8 Å². The van der Waals surface area contributed by atoms with Crippen LogP contribution < -0.4 is 11.3 Å². The van der Waals surface area contributed by atoms with E-state index in [4.69, 9.17) is 10.6 Å². The minimum Gasteiger partial charge on any atom is -0.505 e. The van der Waals surface area contributed by atoms with Crippen LogP contribution in [0.15, 0.2) is 18.2 Å². The third-order valence-corrected chi connectivity index (χ3v) is 3.16. The second-order valence-electron chi connectivity index (χ2n) is 4.43. The van der Waals surface area contributed by atoms with Gasteiger partial charge in [0.1, 0.15) is 5.82 Å². The maximum Gasteiger partial charge on any atom is 0.165 e. The summed E-state index contributed by atoms with van der Waals surface area (Å²) in [4.78, 5) is 8.70. The molecule has 2 heterocycles. The zero-order valence-electron chi connectivity index (χ0n) is 10.6. The highest BCUT2D eigenvalue weighted by molar-refractivity contribution is 5.61. The molecule has 1 aliphatic rings. The van der Waals surface area contributed by atoms with Crippen molar-refractivity contribution in [2.24, 2.45) is 5.84 Å². The Bertz CT molecular complexity index is 646. The van der Waals surface area contributed by atoms with Crippen LogP contribution in [-0.4, -0.2) is 21.7 Å². The number of hydrazine groups is 1. The van der Waals surface area contributed by atoms with Gasteiger partial charge in [-0.15, -0.1) is 0 Å².